The molecule has 0 heterocycles. The van der Waals surface area contributed by atoms with Crippen LogP contribution in [0.1, 0.15) is 33.6 Å². The third kappa shape index (κ3) is 4.92. The maximum atomic E-state index is 11.5. The Morgan fingerprint density at radius 2 is 1.87 bits per heavy atom. The van der Waals surface area contributed by atoms with Gasteiger partial charge in [0.2, 0.25) is 0 Å². The number of aliphatic hydroxyl groups is 1. The highest BCUT2D eigenvalue weighted by atomic mass is 32.2. The van der Waals surface area contributed by atoms with Crippen LogP contribution in [0, 0.1) is 5.92 Å². The van der Waals surface area contributed by atoms with E-state index in [0.29, 0.717) is 19.4 Å². The molecule has 0 unspecified atom stereocenters. The molecule has 0 bridgehead atoms. The normalized spacial score (nSPS) is 27.5. The van der Waals surface area contributed by atoms with Gasteiger partial charge in [-0.2, -0.15) is 13.1 Å². The Balaban J connectivity index is 2.31. The molecular formula is C9H20N2O3S. The van der Waals surface area contributed by atoms with Crippen molar-refractivity contribution in [3.8, 4) is 0 Å². The molecule has 3 N–H and O–H groups in total. The molecule has 5 nitrogen and oxygen atoms in total. The molecule has 15 heavy (non-hydrogen) atoms. The third-order valence-corrected chi connectivity index (χ3v) is 3.64. The summed E-state index contributed by atoms with van der Waals surface area (Å²) in [6.07, 6.45) is 1.14. The maximum Gasteiger partial charge on any atom is 0.277 e. The minimum atomic E-state index is -3.41. The Labute approximate surface area is 91.4 Å². The zero-order valence-electron chi connectivity index (χ0n) is 9.45. The summed E-state index contributed by atoms with van der Waals surface area (Å²) in [7, 11) is -3.41. The van der Waals surface area contributed by atoms with Crippen molar-refractivity contribution in [1.29, 1.82) is 0 Å². The first kappa shape index (κ1) is 12.9. The standard InChI is InChI=1S/C9H20N2O3S/c1-9(2,3)11-15(13,14)10-6-7-4-8(12)5-7/h7-8,10-12H,4-6H2,1-3H3. The fourth-order valence-corrected chi connectivity index (χ4v) is 2.87. The lowest BCUT2D eigenvalue weighted by atomic mass is 9.83. The van der Waals surface area contributed by atoms with E-state index in [0.717, 1.165) is 0 Å². The summed E-state index contributed by atoms with van der Waals surface area (Å²) in [5.74, 6) is 0.275. The Hall–Kier alpha value is -0.170. The lowest BCUT2D eigenvalue weighted by Gasteiger charge is -2.31. The number of hydrogen-bond acceptors (Lipinski definition) is 3. The van der Waals surface area contributed by atoms with E-state index in [4.69, 9.17) is 5.11 Å². The van der Waals surface area contributed by atoms with Gasteiger partial charge in [0.25, 0.3) is 10.2 Å². The van der Waals surface area contributed by atoms with Gasteiger partial charge in [0, 0.05) is 12.1 Å². The Morgan fingerprint density at radius 1 is 1.33 bits per heavy atom. The molecular weight excluding hydrogens is 216 g/mol. The molecule has 6 heteroatoms. The van der Waals surface area contributed by atoms with E-state index < -0.39 is 15.7 Å². The van der Waals surface area contributed by atoms with Gasteiger partial charge < -0.3 is 5.11 Å². The number of aliphatic hydroxyl groups excluding tert-OH is 1. The number of rotatable bonds is 4. The molecule has 0 aromatic rings. The van der Waals surface area contributed by atoms with Gasteiger partial charge in [-0.3, -0.25) is 0 Å². The summed E-state index contributed by atoms with van der Waals surface area (Å²) < 4.78 is 28.0. The molecule has 90 valence electrons. The Bertz CT molecular complexity index is 302. The van der Waals surface area contributed by atoms with Crippen LogP contribution in [-0.2, 0) is 10.2 Å². The van der Waals surface area contributed by atoms with Crippen LogP contribution >= 0.6 is 0 Å². The van der Waals surface area contributed by atoms with E-state index in [-0.39, 0.29) is 12.0 Å². The molecule has 0 amide bonds. The highest BCUT2D eigenvalue weighted by molar-refractivity contribution is 7.87. The molecule has 1 fully saturated rings. The average molecular weight is 236 g/mol. The second-order valence-electron chi connectivity index (χ2n) is 5.20. The fraction of sp³-hybridized carbons (Fsp3) is 1.00. The van der Waals surface area contributed by atoms with Crippen LogP contribution in [0.15, 0.2) is 0 Å². The van der Waals surface area contributed by atoms with Crippen LogP contribution in [0.25, 0.3) is 0 Å². The summed E-state index contributed by atoms with van der Waals surface area (Å²) in [6.45, 7) is 5.78. The van der Waals surface area contributed by atoms with Gasteiger partial charge in [0.15, 0.2) is 0 Å². The van der Waals surface area contributed by atoms with Gasteiger partial charge in [-0.25, -0.2) is 4.72 Å². The summed E-state index contributed by atoms with van der Waals surface area (Å²) in [4.78, 5) is 0. The summed E-state index contributed by atoms with van der Waals surface area (Å²) in [6, 6.07) is 0. The second-order valence-corrected chi connectivity index (χ2v) is 6.69. The predicted molar refractivity (Wildman–Crippen MR) is 58.5 cm³/mol. The molecule has 0 atom stereocenters. The van der Waals surface area contributed by atoms with Crippen molar-refractivity contribution in [3.63, 3.8) is 0 Å². The minimum Gasteiger partial charge on any atom is -0.393 e. The zero-order valence-corrected chi connectivity index (χ0v) is 10.3. The van der Waals surface area contributed by atoms with E-state index in [9.17, 15) is 8.42 Å². The number of hydrogen-bond donors (Lipinski definition) is 3. The largest absolute Gasteiger partial charge is 0.393 e. The summed E-state index contributed by atoms with van der Waals surface area (Å²) in [5, 5.41) is 9.04. The fourth-order valence-electron chi connectivity index (χ4n) is 1.53. The molecule has 0 spiro atoms. The van der Waals surface area contributed by atoms with Crippen molar-refractivity contribution in [2.75, 3.05) is 6.54 Å². The maximum absolute atomic E-state index is 11.5. The van der Waals surface area contributed by atoms with E-state index in [2.05, 4.69) is 9.44 Å². The predicted octanol–water partition coefficient (Wildman–Crippen LogP) is -0.0202. The summed E-state index contributed by atoms with van der Waals surface area (Å²) >= 11 is 0. The van der Waals surface area contributed by atoms with Crippen molar-refractivity contribution >= 4 is 10.2 Å². The number of nitrogens with one attached hydrogen (secondary N) is 2. The van der Waals surface area contributed by atoms with Crippen molar-refractivity contribution in [3.05, 3.63) is 0 Å². The smallest absolute Gasteiger partial charge is 0.277 e. The second kappa shape index (κ2) is 4.37. The topological polar surface area (TPSA) is 78.4 Å². The van der Waals surface area contributed by atoms with E-state index in [1.807, 2.05) is 0 Å². The van der Waals surface area contributed by atoms with E-state index in [1.54, 1.807) is 20.8 Å². The van der Waals surface area contributed by atoms with Crippen LogP contribution in [-0.4, -0.2) is 31.7 Å². The molecule has 1 saturated carbocycles. The third-order valence-electron chi connectivity index (χ3n) is 2.21. The zero-order chi connectivity index (χ0) is 11.7. The molecule has 0 aliphatic heterocycles. The molecule has 1 aliphatic carbocycles. The molecule has 0 aromatic carbocycles. The molecule has 1 rings (SSSR count). The SMILES string of the molecule is CC(C)(C)NS(=O)(=O)NCC1CC(O)C1. The first-order chi connectivity index (χ1) is 6.68. The van der Waals surface area contributed by atoms with Crippen LogP contribution in [0.2, 0.25) is 0 Å². The molecule has 1 aliphatic rings. The quantitative estimate of drug-likeness (QED) is 0.642. The van der Waals surface area contributed by atoms with Crippen LogP contribution in [0.4, 0.5) is 0 Å². The van der Waals surface area contributed by atoms with Gasteiger partial charge >= 0.3 is 0 Å². The highest BCUT2D eigenvalue weighted by Gasteiger charge is 2.28. The van der Waals surface area contributed by atoms with Crippen LogP contribution < -0.4 is 9.44 Å². The van der Waals surface area contributed by atoms with Crippen LogP contribution in [0.5, 0.6) is 0 Å². The minimum absolute atomic E-state index is 0.241. The van der Waals surface area contributed by atoms with E-state index >= 15 is 0 Å². The monoisotopic (exact) mass is 236 g/mol. The highest BCUT2D eigenvalue weighted by Crippen LogP contribution is 2.26. The van der Waals surface area contributed by atoms with Gasteiger partial charge in [0.1, 0.15) is 0 Å². The molecule has 0 saturated heterocycles. The van der Waals surface area contributed by atoms with Gasteiger partial charge in [-0.15, -0.1) is 0 Å². The van der Waals surface area contributed by atoms with Crippen molar-refractivity contribution in [2.24, 2.45) is 5.92 Å². The van der Waals surface area contributed by atoms with Gasteiger partial charge in [-0.05, 0) is 39.5 Å². The van der Waals surface area contributed by atoms with Crippen molar-refractivity contribution < 1.29 is 13.5 Å². The van der Waals surface area contributed by atoms with Crippen molar-refractivity contribution in [2.45, 2.75) is 45.3 Å². The van der Waals surface area contributed by atoms with E-state index in [1.165, 1.54) is 0 Å². The van der Waals surface area contributed by atoms with Crippen LogP contribution in [0.3, 0.4) is 0 Å². The average Bonchev–Trinajstić information content (AvgIpc) is 1.90. The Morgan fingerprint density at radius 3 is 2.27 bits per heavy atom. The molecule has 0 radical (unpaired) electrons. The Kier molecular flexibility index (Phi) is 3.76. The lowest BCUT2D eigenvalue weighted by Crippen LogP contribution is -2.49. The first-order valence-corrected chi connectivity index (χ1v) is 6.63. The summed E-state index contributed by atoms with van der Waals surface area (Å²) in [5.41, 5.74) is -0.467. The van der Waals surface area contributed by atoms with Gasteiger partial charge in [0.05, 0.1) is 6.10 Å². The van der Waals surface area contributed by atoms with Gasteiger partial charge in [-0.1, -0.05) is 0 Å². The first-order valence-electron chi connectivity index (χ1n) is 5.14. The lowest BCUT2D eigenvalue weighted by molar-refractivity contribution is 0.0452. The molecule has 0 aromatic heterocycles. The van der Waals surface area contributed by atoms with Crippen molar-refractivity contribution in [1.82, 2.24) is 9.44 Å².